The molecule has 0 fully saturated rings. The highest BCUT2D eigenvalue weighted by Gasteiger charge is 2.14. The van der Waals surface area contributed by atoms with E-state index in [1.165, 1.54) is 5.56 Å². The van der Waals surface area contributed by atoms with E-state index in [1.54, 1.807) is 0 Å². The smallest absolute Gasteiger partial charge is 0.255 e. The molecule has 0 spiro atoms. The number of hydrogen-bond donors (Lipinski definition) is 2. The highest BCUT2D eigenvalue weighted by molar-refractivity contribution is 9.10. The van der Waals surface area contributed by atoms with Crippen LogP contribution in [0.2, 0.25) is 0 Å². The molecule has 1 aliphatic rings. The average Bonchev–Trinajstić information content (AvgIpc) is 2.91. The molecule has 0 saturated heterocycles. The number of nitrogens with one attached hydrogen (secondary N) is 2. The van der Waals surface area contributed by atoms with E-state index in [-0.39, 0.29) is 5.91 Å². The van der Waals surface area contributed by atoms with Crippen molar-refractivity contribution in [2.24, 2.45) is 0 Å². The summed E-state index contributed by atoms with van der Waals surface area (Å²) in [5.41, 5.74) is 6.12. The number of carbonyl (C=O) groups excluding carboxylic acids is 1. The summed E-state index contributed by atoms with van der Waals surface area (Å²) in [6, 6.07) is 9.78. The normalized spacial score (nSPS) is 12.7. The van der Waals surface area contributed by atoms with E-state index >= 15 is 0 Å². The van der Waals surface area contributed by atoms with E-state index in [1.807, 2.05) is 44.2 Å². The maximum absolute atomic E-state index is 12.4. The summed E-state index contributed by atoms with van der Waals surface area (Å²) in [6.45, 7) is 4.99. The molecular weight excluding hydrogens is 328 g/mol. The van der Waals surface area contributed by atoms with Crippen LogP contribution < -0.4 is 10.6 Å². The molecule has 0 saturated carbocycles. The Morgan fingerprint density at radius 1 is 1.19 bits per heavy atom. The Balaban J connectivity index is 1.83. The molecule has 2 aromatic carbocycles. The van der Waals surface area contributed by atoms with Gasteiger partial charge in [0.15, 0.2) is 0 Å². The summed E-state index contributed by atoms with van der Waals surface area (Å²) in [5, 5.41) is 6.28. The fourth-order valence-electron chi connectivity index (χ4n) is 2.67. The number of hydrogen-bond acceptors (Lipinski definition) is 2. The molecule has 1 amide bonds. The van der Waals surface area contributed by atoms with Crippen molar-refractivity contribution < 1.29 is 4.79 Å². The number of benzene rings is 2. The van der Waals surface area contributed by atoms with Crippen LogP contribution in [0, 0.1) is 13.8 Å². The fraction of sp³-hybridized carbons (Fsp3) is 0.235. The van der Waals surface area contributed by atoms with Gasteiger partial charge < -0.3 is 10.6 Å². The third-order valence-electron chi connectivity index (χ3n) is 3.77. The monoisotopic (exact) mass is 344 g/mol. The van der Waals surface area contributed by atoms with Crippen molar-refractivity contribution in [2.45, 2.75) is 20.3 Å². The van der Waals surface area contributed by atoms with Gasteiger partial charge in [-0.3, -0.25) is 4.79 Å². The molecular formula is C17H17BrN2O. The predicted molar refractivity (Wildman–Crippen MR) is 90.2 cm³/mol. The van der Waals surface area contributed by atoms with Crippen LogP contribution in [0.4, 0.5) is 11.4 Å². The van der Waals surface area contributed by atoms with E-state index in [2.05, 4.69) is 26.6 Å². The molecule has 2 aromatic rings. The van der Waals surface area contributed by atoms with Crippen LogP contribution in [0.3, 0.4) is 0 Å². The van der Waals surface area contributed by atoms with Crippen molar-refractivity contribution in [3.63, 3.8) is 0 Å². The zero-order valence-corrected chi connectivity index (χ0v) is 13.7. The molecule has 0 aliphatic carbocycles. The second kappa shape index (κ2) is 5.53. The van der Waals surface area contributed by atoms with Crippen LogP contribution in [-0.2, 0) is 6.42 Å². The Hall–Kier alpha value is -1.81. The fourth-order valence-corrected chi connectivity index (χ4v) is 2.90. The molecule has 0 atom stereocenters. The van der Waals surface area contributed by atoms with Crippen LogP contribution in [0.25, 0.3) is 0 Å². The van der Waals surface area contributed by atoms with Crippen molar-refractivity contribution in [1.29, 1.82) is 0 Å². The van der Waals surface area contributed by atoms with Crippen LogP contribution in [-0.4, -0.2) is 12.5 Å². The van der Waals surface area contributed by atoms with Gasteiger partial charge in [-0.2, -0.15) is 0 Å². The zero-order chi connectivity index (χ0) is 15.0. The molecule has 1 aliphatic heterocycles. The van der Waals surface area contributed by atoms with Crippen LogP contribution in [0.5, 0.6) is 0 Å². The van der Waals surface area contributed by atoms with E-state index < -0.39 is 0 Å². The summed E-state index contributed by atoms with van der Waals surface area (Å²) in [7, 11) is 0. The lowest BCUT2D eigenvalue weighted by Gasteiger charge is -2.10. The molecule has 1 heterocycles. The summed E-state index contributed by atoms with van der Waals surface area (Å²) in [5.74, 6) is -0.0641. The predicted octanol–water partition coefficient (Wildman–Crippen LogP) is 4.29. The number of fused-ring (bicyclic) bond motifs is 1. The number of rotatable bonds is 2. The minimum Gasteiger partial charge on any atom is -0.384 e. The van der Waals surface area contributed by atoms with Crippen molar-refractivity contribution in [1.82, 2.24) is 0 Å². The number of carbonyl (C=O) groups is 1. The van der Waals surface area contributed by atoms with E-state index in [0.717, 1.165) is 39.9 Å². The van der Waals surface area contributed by atoms with Crippen molar-refractivity contribution in [3.8, 4) is 0 Å². The second-order valence-corrected chi connectivity index (χ2v) is 6.22. The van der Waals surface area contributed by atoms with Gasteiger partial charge >= 0.3 is 0 Å². The summed E-state index contributed by atoms with van der Waals surface area (Å²) >= 11 is 3.54. The highest BCUT2D eigenvalue weighted by atomic mass is 79.9. The Labute approximate surface area is 132 Å². The van der Waals surface area contributed by atoms with Gasteiger partial charge in [0.1, 0.15) is 0 Å². The maximum atomic E-state index is 12.4. The molecule has 0 aromatic heterocycles. The third-order valence-corrected chi connectivity index (χ3v) is 5.02. The number of halogens is 1. The molecule has 3 rings (SSSR count). The minimum absolute atomic E-state index is 0.0641. The lowest BCUT2D eigenvalue weighted by atomic mass is 10.1. The lowest BCUT2D eigenvalue weighted by molar-refractivity contribution is 0.102. The van der Waals surface area contributed by atoms with Gasteiger partial charge in [-0.1, -0.05) is 15.9 Å². The number of amides is 1. The molecule has 0 unspecified atom stereocenters. The van der Waals surface area contributed by atoms with Crippen LogP contribution in [0.15, 0.2) is 34.8 Å². The largest absolute Gasteiger partial charge is 0.384 e. The van der Waals surface area contributed by atoms with Gasteiger partial charge in [0, 0.05) is 28.0 Å². The Kier molecular flexibility index (Phi) is 3.72. The molecule has 4 heteroatoms. The molecule has 2 N–H and O–H groups in total. The second-order valence-electron chi connectivity index (χ2n) is 5.43. The number of aryl methyl sites for hydroxylation is 2. The highest BCUT2D eigenvalue weighted by Crippen LogP contribution is 2.26. The first-order chi connectivity index (χ1) is 10.0. The van der Waals surface area contributed by atoms with Crippen molar-refractivity contribution in [2.75, 3.05) is 17.2 Å². The van der Waals surface area contributed by atoms with E-state index in [0.29, 0.717) is 5.56 Å². The van der Waals surface area contributed by atoms with E-state index in [9.17, 15) is 4.79 Å². The molecule has 108 valence electrons. The molecule has 0 radical (unpaired) electrons. The zero-order valence-electron chi connectivity index (χ0n) is 12.1. The summed E-state index contributed by atoms with van der Waals surface area (Å²) in [4.78, 5) is 12.4. The van der Waals surface area contributed by atoms with Crippen LogP contribution >= 0.6 is 15.9 Å². The van der Waals surface area contributed by atoms with Crippen LogP contribution in [0.1, 0.15) is 27.0 Å². The number of anilines is 2. The summed E-state index contributed by atoms with van der Waals surface area (Å²) in [6.07, 6.45) is 0.979. The standard InChI is InChI=1S/C17H17BrN2O/c1-10-7-14(8-11(2)16(10)18)20-17(21)13-3-4-15-12(9-13)5-6-19-15/h3-4,7-9,19H,5-6H2,1-2H3,(H,20,21). The van der Waals surface area contributed by atoms with Crippen molar-refractivity contribution in [3.05, 3.63) is 57.1 Å². The van der Waals surface area contributed by atoms with Gasteiger partial charge in [-0.25, -0.2) is 0 Å². The van der Waals surface area contributed by atoms with E-state index in [4.69, 9.17) is 0 Å². The lowest BCUT2D eigenvalue weighted by Crippen LogP contribution is -2.12. The van der Waals surface area contributed by atoms with Gasteiger partial charge in [0.25, 0.3) is 5.91 Å². The Bertz CT molecular complexity index is 702. The SMILES string of the molecule is Cc1cc(NC(=O)c2ccc3c(c2)CCN3)cc(C)c1Br. The maximum Gasteiger partial charge on any atom is 0.255 e. The minimum atomic E-state index is -0.0641. The molecule has 3 nitrogen and oxygen atoms in total. The Morgan fingerprint density at radius 3 is 2.62 bits per heavy atom. The quantitative estimate of drug-likeness (QED) is 0.853. The average molecular weight is 345 g/mol. The third kappa shape index (κ3) is 2.81. The van der Waals surface area contributed by atoms with Gasteiger partial charge in [-0.05, 0) is 67.3 Å². The first-order valence-electron chi connectivity index (χ1n) is 6.99. The first kappa shape index (κ1) is 14.1. The molecule has 21 heavy (non-hydrogen) atoms. The summed E-state index contributed by atoms with van der Waals surface area (Å²) < 4.78 is 1.09. The van der Waals surface area contributed by atoms with Gasteiger partial charge in [-0.15, -0.1) is 0 Å². The van der Waals surface area contributed by atoms with Gasteiger partial charge in [0.2, 0.25) is 0 Å². The topological polar surface area (TPSA) is 41.1 Å². The molecule has 0 bridgehead atoms. The Morgan fingerprint density at radius 2 is 1.90 bits per heavy atom. The van der Waals surface area contributed by atoms with Gasteiger partial charge in [0.05, 0.1) is 0 Å². The first-order valence-corrected chi connectivity index (χ1v) is 7.79. The van der Waals surface area contributed by atoms with Crippen molar-refractivity contribution >= 4 is 33.2 Å².